The van der Waals surface area contributed by atoms with E-state index in [-0.39, 0.29) is 6.03 Å². The molecule has 16 heavy (non-hydrogen) atoms. The van der Waals surface area contributed by atoms with Gasteiger partial charge in [-0.05, 0) is 32.1 Å². The maximum Gasteiger partial charge on any atom is 0.412 e. The van der Waals surface area contributed by atoms with Crippen molar-refractivity contribution in [2.24, 2.45) is 0 Å². The third-order valence-electron chi connectivity index (χ3n) is 3.32. The maximum atomic E-state index is 12.2. The van der Waals surface area contributed by atoms with E-state index >= 15 is 0 Å². The number of carbonyl (C=O) groups excluding carboxylic acids is 1. The van der Waals surface area contributed by atoms with Crippen LogP contribution >= 0.6 is 0 Å². The first-order chi connectivity index (χ1) is 7.83. The third-order valence-corrected chi connectivity index (χ3v) is 3.32. The van der Waals surface area contributed by atoms with Gasteiger partial charge in [-0.2, -0.15) is 4.90 Å². The topological polar surface area (TPSA) is 60.0 Å². The molecule has 0 N–H and O–H groups in total. The molecule has 0 unspecified atom stereocenters. The van der Waals surface area contributed by atoms with Crippen molar-refractivity contribution in [2.75, 3.05) is 19.6 Å². The van der Waals surface area contributed by atoms with Gasteiger partial charge in [0.15, 0.2) is 0 Å². The molecule has 88 valence electrons. The van der Waals surface area contributed by atoms with Crippen molar-refractivity contribution in [2.45, 2.75) is 38.5 Å². The van der Waals surface area contributed by atoms with Gasteiger partial charge in [0.2, 0.25) is 0 Å². The molecule has 2 aliphatic heterocycles. The molecule has 5 heteroatoms. The van der Waals surface area contributed by atoms with Crippen molar-refractivity contribution >= 4 is 11.9 Å². The fourth-order valence-corrected chi connectivity index (χ4v) is 2.38. The summed E-state index contributed by atoms with van der Waals surface area (Å²) in [6.07, 6.45) is 6.10. The Hall–Kier alpha value is -1.35. The van der Waals surface area contributed by atoms with Crippen LogP contribution < -0.4 is 0 Å². The molecule has 0 aromatic carbocycles. The van der Waals surface area contributed by atoms with Crippen LogP contribution in [0.5, 0.6) is 0 Å². The molecule has 5 nitrogen and oxygen atoms in total. The molecule has 0 radical (unpaired) electrons. The van der Waals surface area contributed by atoms with Gasteiger partial charge in [0.05, 0.1) is 13.0 Å². The lowest BCUT2D eigenvalue weighted by Gasteiger charge is -2.29. The Balaban J connectivity index is 2.04. The van der Waals surface area contributed by atoms with Crippen LogP contribution in [0.1, 0.15) is 38.5 Å². The minimum Gasteiger partial charge on any atom is -0.497 e. The Morgan fingerprint density at radius 2 is 1.75 bits per heavy atom. The first-order valence-electron chi connectivity index (χ1n) is 6.10. The number of hydrogen-bond acceptors (Lipinski definition) is 1. The van der Waals surface area contributed by atoms with E-state index in [1.165, 1.54) is 6.42 Å². The van der Waals surface area contributed by atoms with Crippen LogP contribution in [0.3, 0.4) is 0 Å². The number of hydrogen-bond donors (Lipinski definition) is 0. The molecule has 0 saturated carbocycles. The second kappa shape index (κ2) is 5.12. The summed E-state index contributed by atoms with van der Waals surface area (Å²) in [5.74, 6) is 0.529. The van der Waals surface area contributed by atoms with Gasteiger partial charge in [0.1, 0.15) is 0 Å². The number of likely N-dealkylation sites (tertiary alicyclic amines) is 2. The first kappa shape index (κ1) is 11.1. The molecule has 0 aromatic rings. The lowest BCUT2D eigenvalue weighted by molar-refractivity contribution is -0.0278. The standard InChI is InChI=1S/C11H18N4O/c12-13-10-6-2-5-9-15(10)11(16)14-7-3-1-4-8-14/h1-9H2. The second-order valence-electron chi connectivity index (χ2n) is 4.46. The Bertz CT molecular complexity index is 316. The largest absolute Gasteiger partial charge is 0.497 e. The molecule has 2 amide bonds. The minimum absolute atomic E-state index is 0.0206. The molecule has 0 atom stereocenters. The molecule has 2 rings (SSSR count). The van der Waals surface area contributed by atoms with Crippen LogP contribution in [0.4, 0.5) is 4.79 Å². The summed E-state index contributed by atoms with van der Waals surface area (Å²) in [5.41, 5.74) is 8.88. The Morgan fingerprint density at radius 1 is 1.06 bits per heavy atom. The predicted molar refractivity (Wildman–Crippen MR) is 60.0 cm³/mol. The molecule has 2 heterocycles. The fourth-order valence-electron chi connectivity index (χ4n) is 2.38. The van der Waals surface area contributed by atoms with E-state index < -0.39 is 0 Å². The monoisotopic (exact) mass is 222 g/mol. The van der Waals surface area contributed by atoms with Gasteiger partial charge in [-0.3, -0.25) is 0 Å². The van der Waals surface area contributed by atoms with E-state index in [0.717, 1.165) is 38.8 Å². The highest BCUT2D eigenvalue weighted by atomic mass is 16.2. The Labute approximate surface area is 95.6 Å². The molecular weight excluding hydrogens is 204 g/mol. The number of rotatable bonds is 0. The number of piperidine rings is 2. The van der Waals surface area contributed by atoms with Crippen molar-refractivity contribution in [3.63, 3.8) is 0 Å². The van der Waals surface area contributed by atoms with Crippen molar-refractivity contribution in [3.8, 4) is 0 Å². The highest BCUT2D eigenvalue weighted by Gasteiger charge is 2.35. The Kier molecular flexibility index (Phi) is 3.57. The zero-order chi connectivity index (χ0) is 11.4. The molecule has 2 fully saturated rings. The van der Waals surface area contributed by atoms with Crippen LogP contribution in [-0.2, 0) is 0 Å². The van der Waals surface area contributed by atoms with Gasteiger partial charge in [-0.25, -0.2) is 4.79 Å². The minimum atomic E-state index is 0.0206. The lowest BCUT2D eigenvalue weighted by atomic mass is 10.1. The predicted octanol–water partition coefficient (Wildman–Crippen LogP) is 1.71. The second-order valence-corrected chi connectivity index (χ2v) is 4.46. The van der Waals surface area contributed by atoms with Crippen LogP contribution in [0.2, 0.25) is 0 Å². The number of carbonyl (C=O) groups is 1. The quantitative estimate of drug-likeness (QED) is 0.454. The summed E-state index contributed by atoms with van der Waals surface area (Å²) < 4.78 is 0. The summed E-state index contributed by atoms with van der Waals surface area (Å²) >= 11 is 0. The third kappa shape index (κ3) is 2.25. The molecule has 0 bridgehead atoms. The molecule has 0 aliphatic carbocycles. The number of amides is 2. The van der Waals surface area contributed by atoms with Crippen LogP contribution in [0, 0.1) is 0 Å². The smallest absolute Gasteiger partial charge is 0.412 e. The molecular formula is C11H18N4O. The van der Waals surface area contributed by atoms with E-state index in [4.69, 9.17) is 5.53 Å². The normalized spacial score (nSPS) is 21.9. The highest BCUT2D eigenvalue weighted by Crippen LogP contribution is 2.16. The fraction of sp³-hybridized carbons (Fsp3) is 0.818. The SMILES string of the molecule is [N-]=[N+]=C1CCCCN1C(=O)N1CCCCC1. The zero-order valence-corrected chi connectivity index (χ0v) is 9.56. The zero-order valence-electron chi connectivity index (χ0n) is 9.56. The van der Waals surface area contributed by atoms with Crippen molar-refractivity contribution in [3.05, 3.63) is 5.53 Å². The summed E-state index contributed by atoms with van der Waals surface area (Å²) in [6, 6.07) is 0.0206. The van der Waals surface area contributed by atoms with Gasteiger partial charge in [0.25, 0.3) is 0 Å². The van der Waals surface area contributed by atoms with Crippen molar-refractivity contribution in [1.29, 1.82) is 0 Å². The molecule has 2 aliphatic rings. The number of urea groups is 1. The van der Waals surface area contributed by atoms with Crippen LogP contribution in [0.25, 0.3) is 5.53 Å². The van der Waals surface area contributed by atoms with Gasteiger partial charge < -0.3 is 15.2 Å². The van der Waals surface area contributed by atoms with Gasteiger partial charge >= 0.3 is 11.9 Å². The van der Waals surface area contributed by atoms with E-state index in [9.17, 15) is 4.79 Å². The average Bonchev–Trinajstić information content (AvgIpc) is 2.39. The van der Waals surface area contributed by atoms with Crippen molar-refractivity contribution in [1.82, 2.24) is 9.80 Å². The molecule has 0 aromatic heterocycles. The lowest BCUT2D eigenvalue weighted by Crippen LogP contribution is -2.50. The van der Waals surface area contributed by atoms with E-state index in [1.807, 2.05) is 4.90 Å². The average molecular weight is 222 g/mol. The Morgan fingerprint density at radius 3 is 2.44 bits per heavy atom. The number of nitrogens with zero attached hydrogens (tertiary/aromatic N) is 4. The van der Waals surface area contributed by atoms with E-state index in [2.05, 4.69) is 4.79 Å². The van der Waals surface area contributed by atoms with Crippen molar-refractivity contribution < 1.29 is 9.58 Å². The molecule has 2 saturated heterocycles. The maximum absolute atomic E-state index is 12.2. The van der Waals surface area contributed by atoms with Crippen LogP contribution in [0.15, 0.2) is 0 Å². The van der Waals surface area contributed by atoms with E-state index in [0.29, 0.717) is 18.8 Å². The summed E-state index contributed by atoms with van der Waals surface area (Å²) in [7, 11) is 0. The van der Waals surface area contributed by atoms with Gasteiger partial charge in [-0.15, -0.1) is 0 Å². The summed E-state index contributed by atoms with van der Waals surface area (Å²) in [5, 5.41) is 0. The first-order valence-corrected chi connectivity index (χ1v) is 6.10. The van der Waals surface area contributed by atoms with Crippen LogP contribution in [-0.4, -0.2) is 46.1 Å². The number of amidine groups is 1. The molecule has 0 spiro atoms. The van der Waals surface area contributed by atoms with Gasteiger partial charge in [0, 0.05) is 13.1 Å². The van der Waals surface area contributed by atoms with E-state index in [1.54, 1.807) is 4.90 Å². The van der Waals surface area contributed by atoms with Gasteiger partial charge in [-0.1, -0.05) is 0 Å². The summed E-state index contributed by atoms with van der Waals surface area (Å²) in [4.78, 5) is 18.9. The highest BCUT2D eigenvalue weighted by molar-refractivity contribution is 5.95. The summed E-state index contributed by atoms with van der Waals surface area (Å²) in [6.45, 7) is 2.37.